The highest BCUT2D eigenvalue weighted by Crippen LogP contribution is 2.42. The van der Waals surface area contributed by atoms with E-state index < -0.39 is 60.4 Å². The van der Waals surface area contributed by atoms with E-state index in [9.17, 15) is 8.22 Å². The molecule has 12 rings (SSSR count). The molecule has 57 heavy (non-hydrogen) atoms. The molecule has 0 aliphatic heterocycles. The van der Waals surface area contributed by atoms with Crippen molar-refractivity contribution in [1.82, 2.24) is 24.1 Å². The van der Waals surface area contributed by atoms with Gasteiger partial charge in [0.2, 0.25) is 5.95 Å². The fourth-order valence-electron chi connectivity index (χ4n) is 7.88. The summed E-state index contributed by atoms with van der Waals surface area (Å²) in [6.45, 7) is 0. The largest absolute Gasteiger partial charge is 0.456 e. The van der Waals surface area contributed by atoms with E-state index in [0.29, 0.717) is 28.0 Å². The van der Waals surface area contributed by atoms with Crippen molar-refractivity contribution in [3.63, 3.8) is 0 Å². The maximum atomic E-state index is 9.71. The van der Waals surface area contributed by atoms with Gasteiger partial charge in [0.1, 0.15) is 11.2 Å². The maximum Gasteiger partial charge on any atom is 0.238 e. The molecule has 0 amide bonds. The molecule has 0 bridgehead atoms. The van der Waals surface area contributed by atoms with Crippen LogP contribution in [-0.4, -0.2) is 24.1 Å². The van der Waals surface area contributed by atoms with Crippen molar-refractivity contribution in [2.75, 3.05) is 0 Å². The van der Waals surface area contributed by atoms with Gasteiger partial charge in [0.15, 0.2) is 11.6 Å². The fourth-order valence-corrected chi connectivity index (χ4v) is 7.88. The smallest absolute Gasteiger partial charge is 0.238 e. The first-order chi connectivity index (χ1) is 32.4. The summed E-state index contributed by atoms with van der Waals surface area (Å²) in [5.74, 6) is 0.408. The van der Waals surface area contributed by atoms with E-state index in [1.54, 1.807) is 16.7 Å². The van der Waals surface area contributed by atoms with Gasteiger partial charge in [-0.1, -0.05) is 145 Å². The molecule has 12 aromatic rings. The standard InChI is InChI=1S/C51H31N5O/c1-4-14-32(15-5-1)35-24-29-45-42(30-35)39-26-25-36(31-46(39)57-45)55-43-22-12-10-20-37(43)40-27-28-41-38-21-11-13-23-44(38)56(48(41)47(40)55)51-53-49(33-16-6-2-7-17-33)52-50(54-51)34-18-8-3-9-19-34/h1-31H/i10D,11D,12D,13D,20D,21D,22D,23D,27D,28D. The predicted octanol–water partition coefficient (Wildman–Crippen LogP) is 13.0. The van der Waals surface area contributed by atoms with E-state index in [1.807, 2.05) is 109 Å². The minimum atomic E-state index is -0.556. The van der Waals surface area contributed by atoms with Crippen molar-refractivity contribution in [3.8, 4) is 45.5 Å². The second-order valence-corrected chi connectivity index (χ2v) is 13.7. The molecule has 0 saturated carbocycles. The highest BCUT2D eigenvalue weighted by atomic mass is 16.3. The summed E-state index contributed by atoms with van der Waals surface area (Å²) in [4.78, 5) is 14.8. The van der Waals surface area contributed by atoms with Crippen molar-refractivity contribution in [3.05, 3.63) is 188 Å². The Morgan fingerprint density at radius 3 is 1.60 bits per heavy atom. The Balaban J connectivity index is 1.29. The van der Waals surface area contributed by atoms with Crippen molar-refractivity contribution in [2.24, 2.45) is 0 Å². The molecule has 6 heteroatoms. The summed E-state index contributed by atoms with van der Waals surface area (Å²) < 4.78 is 102. The Morgan fingerprint density at radius 1 is 0.404 bits per heavy atom. The number of para-hydroxylation sites is 2. The van der Waals surface area contributed by atoms with Crippen molar-refractivity contribution in [2.45, 2.75) is 0 Å². The number of furan rings is 1. The van der Waals surface area contributed by atoms with Crippen LogP contribution in [-0.2, 0) is 0 Å². The molecule has 0 atom stereocenters. The lowest BCUT2D eigenvalue weighted by molar-refractivity contribution is 0.668. The fraction of sp³-hybridized carbons (Fsp3) is 0. The number of hydrogen-bond donors (Lipinski definition) is 0. The zero-order chi connectivity index (χ0) is 46.2. The summed E-state index contributed by atoms with van der Waals surface area (Å²) in [7, 11) is 0. The molecular formula is C51H31N5O. The normalized spacial score (nSPS) is 14.3. The number of fused-ring (bicyclic) bond motifs is 10. The number of hydrogen-bond acceptors (Lipinski definition) is 4. The topological polar surface area (TPSA) is 61.7 Å². The van der Waals surface area contributed by atoms with Crippen molar-refractivity contribution >= 4 is 65.6 Å². The summed E-state index contributed by atoms with van der Waals surface area (Å²) in [6.07, 6.45) is 0. The van der Waals surface area contributed by atoms with Gasteiger partial charge >= 0.3 is 0 Å². The van der Waals surface area contributed by atoms with E-state index in [2.05, 4.69) is 6.07 Å². The van der Waals surface area contributed by atoms with E-state index in [4.69, 9.17) is 24.9 Å². The zero-order valence-electron chi connectivity index (χ0n) is 39.8. The summed E-state index contributed by atoms with van der Waals surface area (Å²) in [6, 6.07) is 34.9. The lowest BCUT2D eigenvalue weighted by Gasteiger charge is -2.13. The van der Waals surface area contributed by atoms with E-state index in [-0.39, 0.29) is 61.2 Å². The van der Waals surface area contributed by atoms with Gasteiger partial charge < -0.3 is 8.98 Å². The average molecular weight is 740 g/mol. The molecule has 0 aliphatic carbocycles. The Morgan fingerprint density at radius 2 is 0.965 bits per heavy atom. The minimum Gasteiger partial charge on any atom is -0.456 e. The molecule has 4 heterocycles. The third-order valence-corrected chi connectivity index (χ3v) is 10.4. The molecule has 0 fully saturated rings. The number of nitrogens with zero attached hydrogens (tertiary/aromatic N) is 5. The monoisotopic (exact) mass is 739 g/mol. The predicted molar refractivity (Wildman–Crippen MR) is 232 cm³/mol. The third kappa shape index (κ3) is 4.87. The Labute approximate surface area is 340 Å². The number of benzene rings is 8. The molecule has 0 unspecified atom stereocenters. The number of aromatic nitrogens is 5. The molecule has 0 saturated heterocycles. The van der Waals surface area contributed by atoms with Crippen LogP contribution in [0.1, 0.15) is 13.7 Å². The Bertz CT molecular complexity index is 4040. The van der Waals surface area contributed by atoms with E-state index in [0.717, 1.165) is 21.9 Å². The van der Waals surface area contributed by atoms with Crippen LogP contribution in [0.5, 0.6) is 0 Å². The van der Waals surface area contributed by atoms with Gasteiger partial charge in [-0.05, 0) is 47.5 Å². The van der Waals surface area contributed by atoms with Crippen molar-refractivity contribution in [1.29, 1.82) is 0 Å². The van der Waals surface area contributed by atoms with Crippen LogP contribution in [0.25, 0.3) is 111 Å². The molecular weight excluding hydrogens is 699 g/mol. The van der Waals surface area contributed by atoms with Crippen LogP contribution in [0.4, 0.5) is 0 Å². The maximum absolute atomic E-state index is 9.71. The lowest BCUT2D eigenvalue weighted by Crippen LogP contribution is -2.07. The van der Waals surface area contributed by atoms with E-state index in [1.165, 1.54) is 4.57 Å². The van der Waals surface area contributed by atoms with E-state index >= 15 is 0 Å². The van der Waals surface area contributed by atoms with Gasteiger partial charge in [-0.15, -0.1) is 0 Å². The summed E-state index contributed by atoms with van der Waals surface area (Å²) in [5, 5.41) is 1.51. The van der Waals surface area contributed by atoms with Crippen LogP contribution < -0.4 is 0 Å². The average Bonchev–Trinajstić information content (AvgIpc) is 4.04. The lowest BCUT2D eigenvalue weighted by atomic mass is 10.0. The van der Waals surface area contributed by atoms with Crippen LogP contribution in [0.2, 0.25) is 0 Å². The van der Waals surface area contributed by atoms with Crippen LogP contribution in [0, 0.1) is 0 Å². The summed E-state index contributed by atoms with van der Waals surface area (Å²) >= 11 is 0. The van der Waals surface area contributed by atoms with Gasteiger partial charge in [0.25, 0.3) is 0 Å². The first kappa shape index (κ1) is 23.2. The van der Waals surface area contributed by atoms with Crippen molar-refractivity contribution < 1.29 is 18.1 Å². The van der Waals surface area contributed by atoms with Gasteiger partial charge in [0.05, 0.1) is 41.5 Å². The van der Waals surface area contributed by atoms with Gasteiger partial charge in [-0.25, -0.2) is 4.98 Å². The number of rotatable bonds is 5. The van der Waals surface area contributed by atoms with Crippen LogP contribution >= 0.6 is 0 Å². The van der Waals surface area contributed by atoms with Gasteiger partial charge in [0, 0.05) is 49.5 Å². The SMILES string of the molecule is [2H]c1c([2H])c([2H])c2c(c1[2H])c1c([2H])c([2H])c3c4c([2H])c([2H])c([2H])c([2H])c4n(-c4nc(-c5ccccc5)nc(-c5ccccc5)n4)c3c1n2-c1ccc2c(c1)oc1ccc(-c3ccccc3)cc12. The molecule has 0 spiro atoms. The molecule has 0 radical (unpaired) electrons. The van der Waals surface area contributed by atoms with Crippen LogP contribution in [0.3, 0.4) is 0 Å². The molecule has 6 nitrogen and oxygen atoms in total. The highest BCUT2D eigenvalue weighted by Gasteiger charge is 2.24. The first-order valence-corrected chi connectivity index (χ1v) is 18.3. The zero-order valence-corrected chi connectivity index (χ0v) is 29.8. The molecule has 266 valence electrons. The molecule has 0 N–H and O–H groups in total. The summed E-state index contributed by atoms with van der Waals surface area (Å²) in [5.41, 5.74) is 4.84. The van der Waals surface area contributed by atoms with Crippen LogP contribution in [0.15, 0.2) is 192 Å². The first-order valence-electron chi connectivity index (χ1n) is 23.3. The quantitative estimate of drug-likeness (QED) is 0.176. The molecule has 4 aromatic heterocycles. The Kier molecular flexibility index (Phi) is 5.02. The molecule has 0 aliphatic rings. The minimum absolute atomic E-state index is 0.00311. The highest BCUT2D eigenvalue weighted by molar-refractivity contribution is 6.24. The Hall–Kier alpha value is -7.83. The second kappa shape index (κ2) is 12.3. The molecule has 8 aromatic carbocycles. The van der Waals surface area contributed by atoms with Gasteiger partial charge in [-0.2, -0.15) is 9.97 Å². The second-order valence-electron chi connectivity index (χ2n) is 13.7. The third-order valence-electron chi connectivity index (χ3n) is 10.4. The van der Waals surface area contributed by atoms with Gasteiger partial charge in [-0.3, -0.25) is 4.57 Å².